The van der Waals surface area contributed by atoms with Crippen LogP contribution >= 0.6 is 0 Å². The first-order chi connectivity index (χ1) is 8.79. The Balaban J connectivity index is 1.88. The van der Waals surface area contributed by atoms with E-state index in [-0.39, 0.29) is 6.04 Å². The van der Waals surface area contributed by atoms with E-state index in [0.717, 1.165) is 45.0 Å². The number of nitrogens with two attached hydrogens (primary N) is 1. The van der Waals surface area contributed by atoms with Crippen LogP contribution in [-0.2, 0) is 4.74 Å². The van der Waals surface area contributed by atoms with Crippen LogP contribution < -0.4 is 16.0 Å². The lowest BCUT2D eigenvalue weighted by Gasteiger charge is -2.29. The van der Waals surface area contributed by atoms with E-state index in [1.807, 2.05) is 0 Å². The van der Waals surface area contributed by atoms with E-state index >= 15 is 0 Å². The number of nitrogens with one attached hydrogen (secondary N) is 1. The quantitative estimate of drug-likeness (QED) is 0.833. The maximum absolute atomic E-state index is 5.88. The van der Waals surface area contributed by atoms with E-state index in [0.29, 0.717) is 0 Å². The average Bonchev–Trinajstić information content (AvgIpc) is 2.46. The van der Waals surface area contributed by atoms with Crippen molar-refractivity contribution in [2.24, 2.45) is 5.73 Å². The molecule has 0 aliphatic carbocycles. The molecule has 1 aromatic rings. The number of rotatable bonds is 5. The topological polar surface area (TPSA) is 50.5 Å². The number of nitrogens with zero attached hydrogens (tertiary/aromatic N) is 1. The van der Waals surface area contributed by atoms with Crippen LogP contribution in [0.5, 0.6) is 0 Å². The summed E-state index contributed by atoms with van der Waals surface area (Å²) in [6, 6.07) is 8.78. The fourth-order valence-corrected chi connectivity index (χ4v) is 2.00. The van der Waals surface area contributed by atoms with E-state index in [1.54, 1.807) is 0 Å². The first kappa shape index (κ1) is 13.2. The molecule has 1 saturated heterocycles. The lowest BCUT2D eigenvalue weighted by atomic mass is 10.2. The van der Waals surface area contributed by atoms with Gasteiger partial charge in [-0.2, -0.15) is 0 Å². The van der Waals surface area contributed by atoms with Crippen LogP contribution in [0, 0.1) is 0 Å². The Morgan fingerprint density at radius 2 is 1.94 bits per heavy atom. The van der Waals surface area contributed by atoms with Gasteiger partial charge in [-0.25, -0.2) is 0 Å². The van der Waals surface area contributed by atoms with E-state index in [2.05, 4.69) is 41.4 Å². The first-order valence-electron chi connectivity index (χ1n) is 6.72. The maximum Gasteiger partial charge on any atom is 0.0642 e. The van der Waals surface area contributed by atoms with E-state index in [1.165, 1.54) is 5.69 Å². The molecule has 0 unspecified atom stereocenters. The van der Waals surface area contributed by atoms with Gasteiger partial charge in [0.2, 0.25) is 0 Å². The zero-order valence-electron chi connectivity index (χ0n) is 11.1. The summed E-state index contributed by atoms with van der Waals surface area (Å²) in [6.07, 6.45) is 0.999. The zero-order chi connectivity index (χ0) is 12.8. The molecule has 0 saturated carbocycles. The molecule has 1 atom stereocenters. The van der Waals surface area contributed by atoms with Crippen LogP contribution in [0.15, 0.2) is 24.3 Å². The van der Waals surface area contributed by atoms with Crippen LogP contribution in [-0.4, -0.2) is 38.9 Å². The highest BCUT2D eigenvalue weighted by atomic mass is 16.5. The molecule has 1 aromatic carbocycles. The number of anilines is 2. The van der Waals surface area contributed by atoms with Crippen molar-refractivity contribution in [1.82, 2.24) is 0 Å². The van der Waals surface area contributed by atoms with Crippen molar-refractivity contribution in [1.29, 1.82) is 0 Å². The maximum atomic E-state index is 5.88. The molecule has 1 fully saturated rings. The fourth-order valence-electron chi connectivity index (χ4n) is 2.00. The molecule has 18 heavy (non-hydrogen) atoms. The molecule has 4 nitrogen and oxygen atoms in total. The summed E-state index contributed by atoms with van der Waals surface area (Å²) < 4.78 is 5.35. The Morgan fingerprint density at radius 1 is 1.28 bits per heavy atom. The van der Waals surface area contributed by atoms with Crippen molar-refractivity contribution in [3.05, 3.63) is 24.3 Å². The number of morpholine rings is 1. The fraction of sp³-hybridized carbons (Fsp3) is 0.571. The molecule has 2 rings (SSSR count). The lowest BCUT2D eigenvalue weighted by Crippen LogP contribution is -2.36. The third-order valence-corrected chi connectivity index (χ3v) is 3.34. The zero-order valence-corrected chi connectivity index (χ0v) is 11.1. The predicted molar refractivity (Wildman–Crippen MR) is 76.2 cm³/mol. The summed E-state index contributed by atoms with van der Waals surface area (Å²) in [5.74, 6) is 0. The Kier molecular flexibility index (Phi) is 4.84. The molecule has 3 N–H and O–H groups in total. The van der Waals surface area contributed by atoms with Crippen LogP contribution in [0.4, 0.5) is 11.4 Å². The van der Waals surface area contributed by atoms with Gasteiger partial charge in [0.1, 0.15) is 0 Å². The van der Waals surface area contributed by atoms with Gasteiger partial charge in [0.05, 0.1) is 13.2 Å². The van der Waals surface area contributed by atoms with E-state index in [4.69, 9.17) is 10.5 Å². The van der Waals surface area contributed by atoms with Gasteiger partial charge in [-0.05, 0) is 30.7 Å². The normalized spacial score (nSPS) is 17.6. The minimum absolute atomic E-state index is 0.226. The SMILES string of the molecule is CC[C@H](N)CNc1ccc(N2CCOCC2)cc1. The molecule has 0 spiro atoms. The summed E-state index contributed by atoms with van der Waals surface area (Å²) in [4.78, 5) is 2.35. The second kappa shape index (κ2) is 6.61. The molecule has 100 valence electrons. The van der Waals surface area contributed by atoms with Crippen LogP contribution in [0.1, 0.15) is 13.3 Å². The third kappa shape index (κ3) is 3.62. The van der Waals surface area contributed by atoms with E-state index in [9.17, 15) is 0 Å². The van der Waals surface area contributed by atoms with Crippen molar-refractivity contribution in [3.63, 3.8) is 0 Å². The van der Waals surface area contributed by atoms with Gasteiger partial charge < -0.3 is 20.7 Å². The molecule has 0 radical (unpaired) electrons. The molecular weight excluding hydrogens is 226 g/mol. The number of hydrogen-bond donors (Lipinski definition) is 2. The Morgan fingerprint density at radius 3 is 2.56 bits per heavy atom. The molecule has 4 heteroatoms. The van der Waals surface area contributed by atoms with Crippen molar-refractivity contribution in [2.75, 3.05) is 43.1 Å². The molecule has 1 aliphatic rings. The molecular formula is C14H23N3O. The number of benzene rings is 1. The summed E-state index contributed by atoms with van der Waals surface area (Å²) >= 11 is 0. The van der Waals surface area contributed by atoms with Gasteiger partial charge in [0, 0.05) is 37.1 Å². The minimum atomic E-state index is 0.226. The highest BCUT2D eigenvalue weighted by Gasteiger charge is 2.10. The number of hydrogen-bond acceptors (Lipinski definition) is 4. The summed E-state index contributed by atoms with van der Waals surface area (Å²) in [7, 11) is 0. The van der Waals surface area contributed by atoms with Gasteiger partial charge in [-0.1, -0.05) is 6.92 Å². The van der Waals surface area contributed by atoms with E-state index < -0.39 is 0 Å². The Hall–Kier alpha value is -1.26. The lowest BCUT2D eigenvalue weighted by molar-refractivity contribution is 0.122. The van der Waals surface area contributed by atoms with Crippen molar-refractivity contribution < 1.29 is 4.74 Å². The highest BCUT2D eigenvalue weighted by Crippen LogP contribution is 2.18. The second-order valence-corrected chi connectivity index (χ2v) is 4.70. The van der Waals surface area contributed by atoms with Crippen LogP contribution in [0.3, 0.4) is 0 Å². The van der Waals surface area contributed by atoms with Crippen molar-refractivity contribution >= 4 is 11.4 Å². The Labute approximate surface area is 109 Å². The predicted octanol–water partition coefficient (Wildman–Crippen LogP) is 1.67. The van der Waals surface area contributed by atoms with Gasteiger partial charge in [0.15, 0.2) is 0 Å². The van der Waals surface area contributed by atoms with Gasteiger partial charge in [-0.15, -0.1) is 0 Å². The van der Waals surface area contributed by atoms with Crippen LogP contribution in [0.2, 0.25) is 0 Å². The summed E-state index contributed by atoms with van der Waals surface area (Å²) in [5, 5.41) is 3.36. The summed E-state index contributed by atoms with van der Waals surface area (Å²) in [5.41, 5.74) is 8.29. The monoisotopic (exact) mass is 249 g/mol. The second-order valence-electron chi connectivity index (χ2n) is 4.70. The standard InChI is InChI=1S/C14H23N3O/c1-2-12(15)11-16-13-3-5-14(6-4-13)17-7-9-18-10-8-17/h3-6,12,16H,2,7-11,15H2,1H3/t12-/m0/s1. The smallest absolute Gasteiger partial charge is 0.0642 e. The van der Waals surface area contributed by atoms with Crippen molar-refractivity contribution in [3.8, 4) is 0 Å². The molecule has 0 aromatic heterocycles. The summed E-state index contributed by atoms with van der Waals surface area (Å²) in [6.45, 7) is 6.54. The Bertz CT molecular complexity index is 347. The van der Waals surface area contributed by atoms with Gasteiger partial charge in [-0.3, -0.25) is 0 Å². The molecule has 0 amide bonds. The van der Waals surface area contributed by atoms with Gasteiger partial charge >= 0.3 is 0 Å². The van der Waals surface area contributed by atoms with Crippen molar-refractivity contribution in [2.45, 2.75) is 19.4 Å². The molecule has 1 heterocycles. The third-order valence-electron chi connectivity index (χ3n) is 3.34. The average molecular weight is 249 g/mol. The molecule has 1 aliphatic heterocycles. The largest absolute Gasteiger partial charge is 0.383 e. The van der Waals surface area contributed by atoms with Gasteiger partial charge in [0.25, 0.3) is 0 Å². The molecule has 0 bridgehead atoms. The van der Waals surface area contributed by atoms with Crippen LogP contribution in [0.25, 0.3) is 0 Å². The minimum Gasteiger partial charge on any atom is -0.383 e. The highest BCUT2D eigenvalue weighted by molar-refractivity contribution is 5.55. The number of ether oxygens (including phenoxy) is 1. The first-order valence-corrected chi connectivity index (χ1v) is 6.72.